The number of aliphatic carboxylic acids is 2. The van der Waals surface area contributed by atoms with Gasteiger partial charge in [-0.05, 0) is 110 Å². The number of nitrogens with zero attached hydrogens (tertiary/aromatic N) is 1. The predicted octanol–water partition coefficient (Wildman–Crippen LogP) is 1.78. The molecule has 1 radical (unpaired) electrons. The number of benzene rings is 2. The van der Waals surface area contributed by atoms with Crippen molar-refractivity contribution in [3.63, 3.8) is 0 Å². The molecule has 2 aliphatic heterocycles. The summed E-state index contributed by atoms with van der Waals surface area (Å²) in [4.78, 5) is 51.4. The molecular formula is C34H32CuN4O8S3. The number of anilines is 2. The molecule has 0 spiro atoms. The number of carbonyl (C=O) groups excluding carboxylic acids is 4. The molecule has 2 heterocycles. The summed E-state index contributed by atoms with van der Waals surface area (Å²) in [5.41, 5.74) is 6.17. The molecule has 2 amide bonds. The van der Waals surface area contributed by atoms with Crippen LogP contribution in [-0.4, -0.2) is 59.7 Å². The van der Waals surface area contributed by atoms with Crippen LogP contribution in [-0.2, 0) is 52.8 Å². The van der Waals surface area contributed by atoms with Crippen LogP contribution in [0.25, 0.3) is 0 Å². The summed E-state index contributed by atoms with van der Waals surface area (Å²) in [6, 6.07) is 12.3. The minimum Gasteiger partial charge on any atom is -0.549 e. The zero-order chi connectivity index (χ0) is 35.3. The van der Waals surface area contributed by atoms with Crippen LogP contribution in [0.15, 0.2) is 97.7 Å². The van der Waals surface area contributed by atoms with Gasteiger partial charge < -0.3 is 30.4 Å². The number of nitrogens with one attached hydrogen (secondary N) is 2. The molecule has 16 heteroatoms. The topological polar surface area (TPSA) is 202 Å². The Morgan fingerprint density at radius 1 is 0.780 bits per heavy atom. The molecule has 0 aromatic heterocycles. The minimum absolute atomic E-state index is 0. The van der Waals surface area contributed by atoms with E-state index in [0.717, 1.165) is 30.4 Å². The number of sulfonamides is 1. The Hall–Kier alpha value is -3.63. The van der Waals surface area contributed by atoms with E-state index in [9.17, 15) is 37.8 Å². The van der Waals surface area contributed by atoms with Crippen molar-refractivity contribution in [2.75, 3.05) is 23.7 Å². The van der Waals surface area contributed by atoms with Gasteiger partial charge in [-0.3, -0.25) is 14.5 Å². The molecule has 0 bridgehead atoms. The number of hydrogen-bond donors (Lipinski definition) is 3. The first kappa shape index (κ1) is 37.6. The van der Waals surface area contributed by atoms with Gasteiger partial charge in [-0.15, -0.1) is 23.5 Å². The van der Waals surface area contributed by atoms with Crippen LogP contribution in [0, 0.1) is 0 Å². The monoisotopic (exact) mass is 783 g/mol. The van der Waals surface area contributed by atoms with Crippen molar-refractivity contribution in [2.45, 2.75) is 54.0 Å². The summed E-state index contributed by atoms with van der Waals surface area (Å²) in [7, 11) is -3.86. The van der Waals surface area contributed by atoms with E-state index in [1.54, 1.807) is 24.3 Å². The smallest absolute Gasteiger partial charge is 0.549 e. The first-order chi connectivity index (χ1) is 23.1. The second-order valence-electron chi connectivity index (χ2n) is 12.5. The number of thioether (sulfide) groups is 2. The number of primary sulfonamides is 1. The third-order valence-corrected chi connectivity index (χ3v) is 13.4. The maximum atomic E-state index is 13.6. The molecule has 2 aromatic carbocycles. The summed E-state index contributed by atoms with van der Waals surface area (Å²) >= 11 is 2.92. The summed E-state index contributed by atoms with van der Waals surface area (Å²) in [5.74, 6) is -3.42. The van der Waals surface area contributed by atoms with E-state index in [4.69, 9.17) is 5.14 Å². The molecule has 2 aliphatic carbocycles. The van der Waals surface area contributed by atoms with Crippen LogP contribution in [0.1, 0.15) is 38.7 Å². The molecule has 6 rings (SSSR count). The average Bonchev–Trinajstić information content (AvgIpc) is 3.73. The number of carboxylic acid groups (broad SMARTS) is 2. The van der Waals surface area contributed by atoms with Crippen molar-refractivity contribution in [2.24, 2.45) is 5.14 Å². The van der Waals surface area contributed by atoms with Gasteiger partial charge in [-0.1, -0.05) is 12.1 Å². The molecule has 265 valence electrons. The fraction of sp³-hybridized carbons (Fsp3) is 0.294. The first-order valence-electron chi connectivity index (χ1n) is 15.3. The molecule has 0 saturated heterocycles. The molecule has 50 heavy (non-hydrogen) atoms. The standard InChI is InChI=1S/C34H34N4O8S3.Cu/c1-33-25(14-27(47-33)31(43)36-20-8-6-19(7-9-20)16-38(17-29(39)40)18-30(41)42)23-4-3-5-24(23)26-15-28(48-34(26,33)2)32(44)37-21-10-12-22(13-11-21)49(35,45)46;/h6-15H,3-5,16-18H2,1-2H3,(H,36,43)(H,37,44)(H,39,40)(H,41,42)(H2,35,45,46);/q;+2/p-2. The van der Waals surface area contributed by atoms with E-state index in [0.29, 0.717) is 26.7 Å². The number of allylic oxidation sites excluding steroid dienone is 4. The van der Waals surface area contributed by atoms with Crippen LogP contribution in [0.2, 0.25) is 0 Å². The van der Waals surface area contributed by atoms with Crippen molar-refractivity contribution in [1.82, 2.24) is 4.90 Å². The molecule has 2 unspecified atom stereocenters. The summed E-state index contributed by atoms with van der Waals surface area (Å²) < 4.78 is 22.1. The van der Waals surface area contributed by atoms with Gasteiger partial charge in [0.25, 0.3) is 11.8 Å². The van der Waals surface area contributed by atoms with Crippen LogP contribution in [0.4, 0.5) is 11.4 Å². The largest absolute Gasteiger partial charge is 2.00 e. The molecule has 2 atom stereocenters. The zero-order valence-corrected chi connectivity index (χ0v) is 30.2. The number of hydrogen-bond acceptors (Lipinski definition) is 11. The predicted molar refractivity (Wildman–Crippen MR) is 183 cm³/mol. The van der Waals surface area contributed by atoms with Crippen molar-refractivity contribution in [3.05, 3.63) is 98.3 Å². The fourth-order valence-electron chi connectivity index (χ4n) is 6.76. The Morgan fingerprint density at radius 3 is 1.60 bits per heavy atom. The van der Waals surface area contributed by atoms with Crippen molar-refractivity contribution in [1.29, 1.82) is 0 Å². The molecular weight excluding hydrogens is 752 g/mol. The van der Waals surface area contributed by atoms with Crippen molar-refractivity contribution in [3.8, 4) is 0 Å². The Labute approximate surface area is 308 Å². The van der Waals surface area contributed by atoms with Gasteiger partial charge >= 0.3 is 17.1 Å². The fourth-order valence-corrected chi connectivity index (χ4v) is 10.2. The van der Waals surface area contributed by atoms with E-state index in [2.05, 4.69) is 24.5 Å². The number of rotatable bonds is 11. The van der Waals surface area contributed by atoms with Crippen LogP contribution in [0.5, 0.6) is 0 Å². The van der Waals surface area contributed by atoms with E-state index in [1.807, 2.05) is 12.2 Å². The SMILES string of the molecule is CC12SC(C(=O)Nc3ccc(CN(CC(=O)[O-])CC(=O)[O-])cc3)=CC1=C1CCCC1=C1C=C(C(=O)Nc3ccc(S(N)(=O)=O)cc3)SC12C.[Cu+2]. The number of nitrogens with two attached hydrogens (primary N) is 1. The van der Waals surface area contributed by atoms with E-state index >= 15 is 0 Å². The number of carbonyl (C=O) groups is 4. The van der Waals surface area contributed by atoms with Gasteiger partial charge in [-0.25, -0.2) is 13.6 Å². The number of fused-ring (bicyclic) bond motifs is 4. The normalized spacial score (nSPS) is 22.2. The first-order valence-corrected chi connectivity index (χ1v) is 18.5. The van der Waals surface area contributed by atoms with Crippen molar-refractivity contribution < 1.29 is 54.9 Å². The van der Waals surface area contributed by atoms with E-state index in [-0.39, 0.29) is 40.3 Å². The van der Waals surface area contributed by atoms with Gasteiger partial charge in [0, 0.05) is 31.0 Å². The Kier molecular flexibility index (Phi) is 10.7. The van der Waals surface area contributed by atoms with Gasteiger partial charge in [0.05, 0.1) is 36.1 Å². The quantitative estimate of drug-likeness (QED) is 0.281. The molecule has 1 fully saturated rings. The summed E-state index contributed by atoms with van der Waals surface area (Å²) in [6.45, 7) is 3.13. The molecule has 1 saturated carbocycles. The maximum Gasteiger partial charge on any atom is 2.00 e. The van der Waals surface area contributed by atoms with Crippen LogP contribution in [0.3, 0.4) is 0 Å². The third-order valence-electron chi connectivity index (χ3n) is 9.20. The molecule has 4 aliphatic rings. The van der Waals surface area contributed by atoms with Crippen molar-refractivity contribution >= 4 is 68.7 Å². The number of amides is 2. The van der Waals surface area contributed by atoms with Crippen LogP contribution < -0.4 is 26.0 Å². The molecule has 4 N–H and O–H groups in total. The average molecular weight is 784 g/mol. The van der Waals surface area contributed by atoms with Crippen LogP contribution >= 0.6 is 23.5 Å². The van der Waals surface area contributed by atoms with E-state index in [1.165, 1.54) is 63.8 Å². The van der Waals surface area contributed by atoms with Gasteiger partial charge in [-0.2, -0.15) is 0 Å². The van der Waals surface area contributed by atoms with Gasteiger partial charge in [0.15, 0.2) is 0 Å². The molecule has 2 aromatic rings. The van der Waals surface area contributed by atoms with Gasteiger partial charge in [0.2, 0.25) is 10.0 Å². The maximum absolute atomic E-state index is 13.6. The second-order valence-corrected chi connectivity index (χ2v) is 17.0. The van der Waals surface area contributed by atoms with E-state index < -0.39 is 44.5 Å². The Bertz CT molecular complexity index is 2010. The zero-order valence-electron chi connectivity index (χ0n) is 26.8. The third kappa shape index (κ3) is 7.24. The second kappa shape index (κ2) is 14.2. The number of carboxylic acids is 2. The minimum atomic E-state index is -3.86. The van der Waals surface area contributed by atoms with Gasteiger partial charge in [0.1, 0.15) is 0 Å². The summed E-state index contributed by atoms with van der Waals surface area (Å²) in [5, 5.41) is 33.0. The molecule has 12 nitrogen and oxygen atoms in total. The Morgan fingerprint density at radius 2 is 1.20 bits per heavy atom. The summed E-state index contributed by atoms with van der Waals surface area (Å²) in [6.07, 6.45) is 6.62. The Balaban J connectivity index is 0.00000486.